The summed E-state index contributed by atoms with van der Waals surface area (Å²) in [6.07, 6.45) is -4.54. The Morgan fingerprint density at radius 1 is 1.29 bits per heavy atom. The Labute approximate surface area is 102 Å². The molecule has 92 valence electrons. The molecule has 0 amide bonds. The molecule has 0 spiro atoms. The summed E-state index contributed by atoms with van der Waals surface area (Å²) in [6.45, 7) is 6.51. The van der Waals surface area contributed by atoms with Gasteiger partial charge in [0.25, 0.3) is 5.24 Å². The first-order valence-electron chi connectivity index (χ1n) is 4.72. The highest BCUT2D eigenvalue weighted by molar-refractivity contribution is 6.67. The van der Waals surface area contributed by atoms with Crippen molar-refractivity contribution < 1.29 is 18.0 Å². The van der Waals surface area contributed by atoms with Gasteiger partial charge in [-0.15, -0.1) is 0 Å². The molecule has 0 bridgehead atoms. The van der Waals surface area contributed by atoms with Crippen molar-refractivity contribution >= 4 is 22.4 Å². The number of rotatable bonds is 2. The molecule has 0 aliphatic heterocycles. The zero-order chi connectivity index (χ0) is 13.4. The molecule has 0 atom stereocenters. The molecule has 0 aromatic heterocycles. The van der Waals surface area contributed by atoms with Crippen LogP contribution in [0.25, 0.3) is 5.57 Å². The van der Waals surface area contributed by atoms with Crippen molar-refractivity contribution in [2.75, 3.05) is 0 Å². The Hall–Kier alpha value is -1.29. The summed E-state index contributed by atoms with van der Waals surface area (Å²) < 4.78 is 38.4. The smallest absolute Gasteiger partial charge is 0.276 e. The number of halogens is 4. The van der Waals surface area contributed by atoms with Crippen LogP contribution in [0.1, 0.15) is 34.0 Å². The van der Waals surface area contributed by atoms with Crippen LogP contribution >= 0.6 is 11.6 Å². The molecule has 17 heavy (non-hydrogen) atoms. The Kier molecular flexibility index (Phi) is 3.67. The molecule has 0 saturated carbocycles. The zero-order valence-electron chi connectivity index (χ0n) is 9.28. The summed E-state index contributed by atoms with van der Waals surface area (Å²) in [4.78, 5) is 11.0. The van der Waals surface area contributed by atoms with Gasteiger partial charge in [0.2, 0.25) is 0 Å². The van der Waals surface area contributed by atoms with Crippen LogP contribution in [0, 0.1) is 6.92 Å². The van der Waals surface area contributed by atoms with Gasteiger partial charge in [0, 0.05) is 5.56 Å². The highest BCUT2D eigenvalue weighted by Gasteiger charge is 2.34. The maximum absolute atomic E-state index is 12.8. The third-order valence-electron chi connectivity index (χ3n) is 2.34. The van der Waals surface area contributed by atoms with Crippen molar-refractivity contribution in [3.05, 3.63) is 41.0 Å². The molecule has 0 heterocycles. The fraction of sp³-hybridized carbons (Fsp3) is 0.250. The Morgan fingerprint density at radius 3 is 2.18 bits per heavy atom. The first kappa shape index (κ1) is 13.8. The fourth-order valence-corrected chi connectivity index (χ4v) is 1.71. The number of hydrogen-bond donors (Lipinski definition) is 0. The normalized spacial score (nSPS) is 11.4. The summed E-state index contributed by atoms with van der Waals surface area (Å²) in [6, 6.07) is 2.05. The molecular weight excluding hydrogens is 253 g/mol. The molecule has 1 rings (SSSR count). The van der Waals surface area contributed by atoms with Crippen LogP contribution in [0.15, 0.2) is 18.7 Å². The number of carbonyl (C=O) groups excluding carboxylic acids is 1. The molecule has 0 saturated heterocycles. The molecule has 0 radical (unpaired) electrons. The van der Waals surface area contributed by atoms with Crippen LogP contribution < -0.4 is 0 Å². The topological polar surface area (TPSA) is 17.1 Å². The van der Waals surface area contributed by atoms with Gasteiger partial charge in [-0.2, -0.15) is 13.2 Å². The molecule has 0 unspecified atom stereocenters. The van der Waals surface area contributed by atoms with E-state index in [1.165, 1.54) is 19.9 Å². The van der Waals surface area contributed by atoms with Gasteiger partial charge >= 0.3 is 6.18 Å². The van der Waals surface area contributed by atoms with Crippen LogP contribution in [-0.2, 0) is 6.18 Å². The molecule has 0 aliphatic rings. The highest BCUT2D eigenvalue weighted by atomic mass is 35.5. The minimum Gasteiger partial charge on any atom is -0.276 e. The van der Waals surface area contributed by atoms with Crippen LogP contribution in [0.4, 0.5) is 13.2 Å². The van der Waals surface area contributed by atoms with Gasteiger partial charge in [0.05, 0.1) is 5.56 Å². The maximum Gasteiger partial charge on any atom is 0.417 e. The number of hydrogen-bond acceptors (Lipinski definition) is 1. The van der Waals surface area contributed by atoms with E-state index in [2.05, 4.69) is 6.58 Å². The number of aryl methyl sites for hydroxylation is 1. The third-order valence-corrected chi connectivity index (χ3v) is 2.55. The van der Waals surface area contributed by atoms with E-state index in [1.54, 1.807) is 0 Å². The van der Waals surface area contributed by atoms with E-state index < -0.39 is 17.0 Å². The van der Waals surface area contributed by atoms with E-state index in [-0.39, 0.29) is 16.7 Å². The lowest BCUT2D eigenvalue weighted by Crippen LogP contribution is -2.11. The Bertz CT molecular complexity index is 489. The second kappa shape index (κ2) is 4.53. The second-order valence-corrected chi connectivity index (χ2v) is 4.11. The van der Waals surface area contributed by atoms with Gasteiger partial charge < -0.3 is 0 Å². The van der Waals surface area contributed by atoms with Gasteiger partial charge in [-0.25, -0.2) is 0 Å². The Balaban J connectivity index is 3.60. The van der Waals surface area contributed by atoms with Crippen LogP contribution in [0.3, 0.4) is 0 Å². The largest absolute Gasteiger partial charge is 0.417 e. The van der Waals surface area contributed by atoms with Gasteiger partial charge in [0.15, 0.2) is 0 Å². The van der Waals surface area contributed by atoms with Crippen LogP contribution in [0.2, 0.25) is 0 Å². The lowest BCUT2D eigenvalue weighted by Gasteiger charge is -2.15. The summed E-state index contributed by atoms with van der Waals surface area (Å²) in [5.41, 5.74) is -0.356. The second-order valence-electron chi connectivity index (χ2n) is 3.76. The SMILES string of the molecule is C=C(C)c1cc(C)c(C(=O)Cl)cc1C(F)(F)F. The fourth-order valence-electron chi connectivity index (χ4n) is 1.51. The molecule has 0 fully saturated rings. The van der Waals surface area contributed by atoms with Crippen molar-refractivity contribution in [2.24, 2.45) is 0 Å². The van der Waals surface area contributed by atoms with E-state index in [0.717, 1.165) is 6.07 Å². The number of carbonyl (C=O) groups is 1. The summed E-state index contributed by atoms with van der Waals surface area (Å²) >= 11 is 5.23. The standard InChI is InChI=1S/C12H10ClF3O/c1-6(2)8-4-7(3)9(11(13)17)5-10(8)12(14,15)16/h4-5H,1H2,2-3H3. The molecule has 1 aromatic carbocycles. The van der Waals surface area contributed by atoms with Gasteiger partial charge in [-0.1, -0.05) is 18.2 Å². The summed E-state index contributed by atoms with van der Waals surface area (Å²) in [7, 11) is 0. The van der Waals surface area contributed by atoms with E-state index >= 15 is 0 Å². The number of allylic oxidation sites excluding steroid dienone is 1. The molecule has 0 aliphatic carbocycles. The minimum absolute atomic E-state index is 0.0170. The average Bonchev–Trinajstić information content (AvgIpc) is 2.14. The Morgan fingerprint density at radius 2 is 1.82 bits per heavy atom. The predicted octanol–water partition coefficient (Wildman–Crippen LogP) is 4.43. The average molecular weight is 263 g/mol. The minimum atomic E-state index is -4.54. The molecule has 5 heteroatoms. The van der Waals surface area contributed by atoms with E-state index in [0.29, 0.717) is 5.56 Å². The molecule has 1 aromatic rings. The van der Waals surface area contributed by atoms with E-state index in [1.807, 2.05) is 0 Å². The van der Waals surface area contributed by atoms with E-state index in [9.17, 15) is 18.0 Å². The quantitative estimate of drug-likeness (QED) is 0.721. The van der Waals surface area contributed by atoms with Crippen molar-refractivity contribution in [3.8, 4) is 0 Å². The van der Waals surface area contributed by atoms with Gasteiger partial charge in [-0.3, -0.25) is 4.79 Å². The zero-order valence-corrected chi connectivity index (χ0v) is 10.0. The first-order chi connectivity index (χ1) is 7.64. The number of alkyl halides is 3. The third kappa shape index (κ3) is 2.88. The molecular formula is C12H10ClF3O. The van der Waals surface area contributed by atoms with E-state index in [4.69, 9.17) is 11.6 Å². The summed E-state index contributed by atoms with van der Waals surface area (Å²) in [5.74, 6) is 0. The predicted molar refractivity (Wildman–Crippen MR) is 61.1 cm³/mol. The number of benzene rings is 1. The van der Waals surface area contributed by atoms with Crippen molar-refractivity contribution in [1.82, 2.24) is 0 Å². The van der Waals surface area contributed by atoms with Crippen molar-refractivity contribution in [1.29, 1.82) is 0 Å². The summed E-state index contributed by atoms with van der Waals surface area (Å²) in [5, 5.41) is -0.902. The van der Waals surface area contributed by atoms with Gasteiger partial charge in [0.1, 0.15) is 0 Å². The monoisotopic (exact) mass is 262 g/mol. The molecule has 0 N–H and O–H groups in total. The van der Waals surface area contributed by atoms with Crippen molar-refractivity contribution in [3.63, 3.8) is 0 Å². The maximum atomic E-state index is 12.8. The van der Waals surface area contributed by atoms with Gasteiger partial charge in [-0.05, 0) is 42.6 Å². The first-order valence-corrected chi connectivity index (χ1v) is 5.10. The lowest BCUT2D eigenvalue weighted by atomic mass is 9.95. The van der Waals surface area contributed by atoms with Crippen molar-refractivity contribution in [2.45, 2.75) is 20.0 Å². The highest BCUT2D eigenvalue weighted by Crippen LogP contribution is 2.36. The molecule has 1 nitrogen and oxygen atoms in total. The lowest BCUT2D eigenvalue weighted by molar-refractivity contribution is -0.137. The van der Waals surface area contributed by atoms with Crippen LogP contribution in [-0.4, -0.2) is 5.24 Å². The van der Waals surface area contributed by atoms with Crippen LogP contribution in [0.5, 0.6) is 0 Å².